The Labute approximate surface area is 120 Å². The minimum atomic E-state index is -0.421. The molecule has 1 atom stereocenters. The van der Waals surface area contributed by atoms with Gasteiger partial charge >= 0.3 is 0 Å². The lowest BCUT2D eigenvalue weighted by Crippen LogP contribution is -2.21. The van der Waals surface area contributed by atoms with Crippen LogP contribution < -0.4 is 14.8 Å². The summed E-state index contributed by atoms with van der Waals surface area (Å²) in [4.78, 5) is 0. The number of rotatable bonds is 9. The fourth-order valence-electron chi connectivity index (χ4n) is 1.76. The molecule has 5 nitrogen and oxygen atoms in total. The molecule has 0 bridgehead atoms. The average molecular weight is 278 g/mol. The summed E-state index contributed by atoms with van der Waals surface area (Å²) in [7, 11) is 1.58. The highest BCUT2D eigenvalue weighted by atomic mass is 16.5. The zero-order chi connectivity index (χ0) is 14.8. The van der Waals surface area contributed by atoms with Gasteiger partial charge < -0.3 is 14.6 Å². The summed E-state index contributed by atoms with van der Waals surface area (Å²) in [5.41, 5.74) is 0.825. The van der Waals surface area contributed by atoms with Crippen molar-refractivity contribution in [3.63, 3.8) is 0 Å². The van der Waals surface area contributed by atoms with Crippen molar-refractivity contribution in [3.05, 3.63) is 23.8 Å². The molecule has 0 heterocycles. The number of hydrogen-bond donors (Lipinski definition) is 2. The number of methoxy groups -OCH3 is 1. The van der Waals surface area contributed by atoms with Crippen molar-refractivity contribution >= 4 is 0 Å². The second-order valence-corrected chi connectivity index (χ2v) is 4.35. The van der Waals surface area contributed by atoms with Crippen LogP contribution in [0, 0.1) is 11.3 Å². The normalized spacial score (nSPS) is 11.7. The lowest BCUT2D eigenvalue weighted by atomic mass is 10.1. The zero-order valence-corrected chi connectivity index (χ0v) is 12.1. The van der Waals surface area contributed by atoms with E-state index in [9.17, 15) is 5.26 Å². The molecule has 2 N–H and O–H groups in total. The van der Waals surface area contributed by atoms with Crippen LogP contribution >= 0.6 is 0 Å². The second-order valence-electron chi connectivity index (χ2n) is 4.35. The third kappa shape index (κ3) is 4.72. The van der Waals surface area contributed by atoms with E-state index in [1.54, 1.807) is 7.11 Å². The van der Waals surface area contributed by atoms with Crippen LogP contribution in [0.5, 0.6) is 11.5 Å². The molecular formula is C15H22N2O3. The van der Waals surface area contributed by atoms with Gasteiger partial charge in [0.1, 0.15) is 6.04 Å². The molecule has 0 amide bonds. The summed E-state index contributed by atoms with van der Waals surface area (Å²) in [5.74, 6) is 1.31. The van der Waals surface area contributed by atoms with Gasteiger partial charge in [-0.3, -0.25) is 5.32 Å². The van der Waals surface area contributed by atoms with Crippen molar-refractivity contribution < 1.29 is 14.6 Å². The van der Waals surface area contributed by atoms with Gasteiger partial charge in [-0.15, -0.1) is 0 Å². The first-order valence-corrected chi connectivity index (χ1v) is 6.81. The summed E-state index contributed by atoms with van der Waals surface area (Å²) >= 11 is 0. The van der Waals surface area contributed by atoms with Crippen LogP contribution in [0.4, 0.5) is 0 Å². The first-order valence-electron chi connectivity index (χ1n) is 6.81. The number of hydrogen-bond acceptors (Lipinski definition) is 5. The predicted octanol–water partition coefficient (Wildman–Crippen LogP) is 2.02. The number of ether oxygens (including phenoxy) is 2. The van der Waals surface area contributed by atoms with Crippen LogP contribution in [0.15, 0.2) is 18.2 Å². The monoisotopic (exact) mass is 278 g/mol. The van der Waals surface area contributed by atoms with Gasteiger partial charge in [0.15, 0.2) is 11.5 Å². The van der Waals surface area contributed by atoms with E-state index in [1.165, 1.54) is 0 Å². The second kappa shape index (κ2) is 9.18. The highest BCUT2D eigenvalue weighted by Gasteiger charge is 2.13. The fourth-order valence-corrected chi connectivity index (χ4v) is 1.76. The molecule has 0 aromatic heterocycles. The molecule has 1 rings (SSSR count). The molecule has 1 aromatic carbocycles. The van der Waals surface area contributed by atoms with Gasteiger partial charge in [-0.25, -0.2) is 0 Å². The van der Waals surface area contributed by atoms with E-state index in [4.69, 9.17) is 14.6 Å². The molecule has 0 aliphatic carbocycles. The van der Waals surface area contributed by atoms with E-state index < -0.39 is 6.04 Å². The van der Waals surface area contributed by atoms with Crippen LogP contribution in [0.3, 0.4) is 0 Å². The summed E-state index contributed by atoms with van der Waals surface area (Å²) in [6.45, 7) is 3.37. The van der Waals surface area contributed by atoms with Crippen LogP contribution in [-0.4, -0.2) is 32.0 Å². The van der Waals surface area contributed by atoms with Gasteiger partial charge in [-0.2, -0.15) is 5.26 Å². The summed E-state index contributed by atoms with van der Waals surface area (Å²) in [6, 6.07) is 7.27. The van der Waals surface area contributed by atoms with E-state index in [2.05, 4.69) is 11.4 Å². The largest absolute Gasteiger partial charge is 0.493 e. The Morgan fingerprint density at radius 1 is 1.40 bits per heavy atom. The fraction of sp³-hybridized carbons (Fsp3) is 0.533. The molecule has 20 heavy (non-hydrogen) atoms. The van der Waals surface area contributed by atoms with Crippen LogP contribution in [0.2, 0.25) is 0 Å². The van der Waals surface area contributed by atoms with Crippen LogP contribution in [0.1, 0.15) is 31.4 Å². The Kier molecular flexibility index (Phi) is 7.48. The number of aliphatic hydroxyl groups excluding tert-OH is 1. The topological polar surface area (TPSA) is 74.5 Å². The Bertz CT molecular complexity index is 443. The number of aliphatic hydroxyl groups is 1. The standard InChI is InChI=1S/C15H22N2O3/c1-3-9-20-14-6-5-12(10-15(14)19-2)13(11-16)17-7-4-8-18/h5-6,10,13,17-18H,3-4,7-9H2,1-2H3. The van der Waals surface area contributed by atoms with Crippen molar-refractivity contribution in [2.45, 2.75) is 25.8 Å². The molecule has 0 saturated carbocycles. The van der Waals surface area contributed by atoms with E-state index in [1.807, 2.05) is 25.1 Å². The van der Waals surface area contributed by atoms with Crippen molar-refractivity contribution in [2.24, 2.45) is 0 Å². The van der Waals surface area contributed by atoms with E-state index in [0.29, 0.717) is 31.1 Å². The van der Waals surface area contributed by atoms with Gasteiger partial charge in [0.2, 0.25) is 0 Å². The Morgan fingerprint density at radius 2 is 2.20 bits per heavy atom. The quantitative estimate of drug-likeness (QED) is 0.676. The number of nitrogens with zero attached hydrogens (tertiary/aromatic N) is 1. The maximum Gasteiger partial charge on any atom is 0.161 e. The molecular weight excluding hydrogens is 256 g/mol. The third-order valence-corrected chi connectivity index (χ3v) is 2.80. The van der Waals surface area contributed by atoms with E-state index in [0.717, 1.165) is 12.0 Å². The molecule has 110 valence electrons. The van der Waals surface area contributed by atoms with Crippen molar-refractivity contribution in [1.82, 2.24) is 5.32 Å². The lowest BCUT2D eigenvalue weighted by molar-refractivity contribution is 0.285. The minimum Gasteiger partial charge on any atom is -0.493 e. The first-order chi connectivity index (χ1) is 9.76. The molecule has 0 spiro atoms. The first kappa shape index (κ1) is 16.3. The van der Waals surface area contributed by atoms with Gasteiger partial charge in [0.25, 0.3) is 0 Å². The van der Waals surface area contributed by atoms with Crippen molar-refractivity contribution in [3.8, 4) is 17.6 Å². The summed E-state index contributed by atoms with van der Waals surface area (Å²) in [6.07, 6.45) is 1.54. The van der Waals surface area contributed by atoms with Gasteiger partial charge in [-0.1, -0.05) is 13.0 Å². The Balaban J connectivity index is 2.81. The molecule has 0 aliphatic rings. The zero-order valence-electron chi connectivity index (χ0n) is 12.1. The number of nitriles is 1. The molecule has 1 unspecified atom stereocenters. The van der Waals surface area contributed by atoms with E-state index >= 15 is 0 Å². The maximum atomic E-state index is 9.21. The Morgan fingerprint density at radius 3 is 2.80 bits per heavy atom. The maximum absolute atomic E-state index is 9.21. The third-order valence-electron chi connectivity index (χ3n) is 2.80. The van der Waals surface area contributed by atoms with Crippen LogP contribution in [-0.2, 0) is 0 Å². The number of benzene rings is 1. The molecule has 0 radical (unpaired) electrons. The van der Waals surface area contributed by atoms with Gasteiger partial charge in [-0.05, 0) is 37.1 Å². The predicted molar refractivity (Wildman–Crippen MR) is 76.8 cm³/mol. The smallest absolute Gasteiger partial charge is 0.161 e. The molecule has 5 heteroatoms. The number of nitrogens with one attached hydrogen (secondary N) is 1. The van der Waals surface area contributed by atoms with Crippen molar-refractivity contribution in [2.75, 3.05) is 26.9 Å². The highest BCUT2D eigenvalue weighted by Crippen LogP contribution is 2.30. The minimum absolute atomic E-state index is 0.109. The molecule has 0 saturated heterocycles. The molecule has 1 aromatic rings. The molecule has 0 aliphatic heterocycles. The molecule has 0 fully saturated rings. The highest BCUT2D eigenvalue weighted by molar-refractivity contribution is 5.44. The van der Waals surface area contributed by atoms with Crippen LogP contribution in [0.25, 0.3) is 0 Å². The lowest BCUT2D eigenvalue weighted by Gasteiger charge is -2.15. The van der Waals surface area contributed by atoms with Gasteiger partial charge in [0.05, 0.1) is 19.8 Å². The average Bonchev–Trinajstić information content (AvgIpc) is 2.49. The summed E-state index contributed by atoms with van der Waals surface area (Å²) in [5, 5.41) is 21.1. The van der Waals surface area contributed by atoms with Gasteiger partial charge in [0, 0.05) is 6.61 Å². The Hall–Kier alpha value is -1.77. The SMILES string of the molecule is CCCOc1ccc(C(C#N)NCCCO)cc1OC. The summed E-state index contributed by atoms with van der Waals surface area (Å²) < 4.78 is 10.9. The van der Waals surface area contributed by atoms with E-state index in [-0.39, 0.29) is 6.61 Å². The van der Waals surface area contributed by atoms with Crippen molar-refractivity contribution in [1.29, 1.82) is 5.26 Å².